The molecule has 0 radical (unpaired) electrons. The zero-order chi connectivity index (χ0) is 16.0. The summed E-state index contributed by atoms with van der Waals surface area (Å²) in [5.41, 5.74) is 0.766. The first kappa shape index (κ1) is 15.4. The Bertz CT molecular complexity index is 597. The van der Waals surface area contributed by atoms with Crippen molar-refractivity contribution >= 4 is 16.9 Å². The van der Waals surface area contributed by atoms with Crippen LogP contribution in [0.1, 0.15) is 11.9 Å². The lowest BCUT2D eigenvalue weighted by Crippen LogP contribution is -2.59. The minimum absolute atomic E-state index is 0.177. The smallest absolute Gasteiger partial charge is 0.184 e. The largest absolute Gasteiger partial charge is 0.388 e. The average Bonchev–Trinajstić information content (AvgIpc) is 3.00. The zero-order valence-corrected chi connectivity index (χ0v) is 13.8. The molecule has 23 heavy (non-hydrogen) atoms. The number of thioether (sulfide) groups is 1. The summed E-state index contributed by atoms with van der Waals surface area (Å²) in [5, 5.41) is 11.6. The maximum absolute atomic E-state index is 10.7. The fourth-order valence-corrected chi connectivity index (χ4v) is 4.24. The molecule has 1 unspecified atom stereocenters. The number of benzene rings is 1. The van der Waals surface area contributed by atoms with Crippen LogP contribution < -0.4 is 0 Å². The molecule has 0 amide bonds. The first-order chi connectivity index (χ1) is 11.1. The van der Waals surface area contributed by atoms with Gasteiger partial charge in [-0.1, -0.05) is 42.1 Å². The maximum atomic E-state index is 10.7. The van der Waals surface area contributed by atoms with E-state index in [-0.39, 0.29) is 17.6 Å². The lowest BCUT2D eigenvalue weighted by atomic mass is 9.97. The maximum Gasteiger partial charge on any atom is 0.184 e. The van der Waals surface area contributed by atoms with Crippen LogP contribution in [0.4, 0.5) is 0 Å². The van der Waals surface area contributed by atoms with Crippen molar-refractivity contribution < 1.29 is 19.3 Å². The van der Waals surface area contributed by atoms with Crippen LogP contribution in [0.15, 0.2) is 35.3 Å². The summed E-state index contributed by atoms with van der Waals surface area (Å²) < 4.78 is 17.9. The number of amidine groups is 1. The first-order valence-corrected chi connectivity index (χ1v) is 8.59. The van der Waals surface area contributed by atoms with Crippen molar-refractivity contribution in [1.82, 2.24) is 4.90 Å². The van der Waals surface area contributed by atoms with Crippen molar-refractivity contribution in [2.24, 2.45) is 4.99 Å². The molecule has 0 spiro atoms. The van der Waals surface area contributed by atoms with E-state index in [0.29, 0.717) is 6.61 Å². The Morgan fingerprint density at radius 1 is 1.22 bits per heavy atom. The van der Waals surface area contributed by atoms with E-state index in [2.05, 4.69) is 4.99 Å². The van der Waals surface area contributed by atoms with Gasteiger partial charge in [-0.3, -0.25) is 4.99 Å². The summed E-state index contributed by atoms with van der Waals surface area (Å²) in [5.74, 6) is 0. The first-order valence-electron chi connectivity index (χ1n) is 7.71. The molecule has 1 aromatic rings. The Morgan fingerprint density at radius 2 is 2.00 bits per heavy atom. The highest BCUT2D eigenvalue weighted by molar-refractivity contribution is 8.14. The van der Waals surface area contributed by atoms with Gasteiger partial charge in [0, 0.05) is 19.7 Å². The fourth-order valence-electron chi connectivity index (χ4n) is 3.07. The van der Waals surface area contributed by atoms with E-state index >= 15 is 0 Å². The summed E-state index contributed by atoms with van der Waals surface area (Å²) in [6.45, 7) is 0.405. The molecule has 6 atom stereocenters. The molecule has 7 heteroatoms. The number of aliphatic hydroxyl groups excluding tert-OH is 1. The van der Waals surface area contributed by atoms with Gasteiger partial charge in [0.2, 0.25) is 0 Å². The van der Waals surface area contributed by atoms with Crippen molar-refractivity contribution in [3.63, 3.8) is 0 Å². The van der Waals surface area contributed by atoms with Gasteiger partial charge in [-0.05, 0) is 0 Å². The molecular weight excluding hydrogens is 316 g/mol. The van der Waals surface area contributed by atoms with Crippen LogP contribution in [-0.2, 0) is 14.2 Å². The van der Waals surface area contributed by atoms with Crippen molar-refractivity contribution in [3.05, 3.63) is 35.9 Å². The van der Waals surface area contributed by atoms with Gasteiger partial charge in [0.05, 0.1) is 6.61 Å². The van der Waals surface area contributed by atoms with E-state index in [1.165, 1.54) is 0 Å². The third-order valence-corrected chi connectivity index (χ3v) is 5.57. The van der Waals surface area contributed by atoms with Crippen molar-refractivity contribution in [3.8, 4) is 0 Å². The molecule has 3 heterocycles. The number of ether oxygens (including phenoxy) is 3. The Kier molecular flexibility index (Phi) is 4.07. The summed E-state index contributed by atoms with van der Waals surface area (Å²) >= 11 is 1.54. The molecule has 1 N–H and O–H groups in total. The van der Waals surface area contributed by atoms with Crippen LogP contribution in [0.2, 0.25) is 0 Å². The minimum atomic E-state index is -0.696. The number of aliphatic hydroxyl groups is 1. The molecule has 0 aromatic heterocycles. The van der Waals surface area contributed by atoms with E-state index in [0.717, 1.165) is 10.7 Å². The van der Waals surface area contributed by atoms with Crippen LogP contribution >= 0.6 is 11.8 Å². The molecular formula is C16H20N2O4S. The lowest BCUT2D eigenvalue weighted by Gasteiger charge is -2.45. The van der Waals surface area contributed by atoms with E-state index in [4.69, 9.17) is 14.2 Å². The number of aliphatic imine (C=N–C) groups is 1. The second-order valence-electron chi connectivity index (χ2n) is 6.12. The SMILES string of the molecule is CN(C)C1=N[C@@H]2[C@@H](O)[C@@H]3OC(c4ccccc4)OC[C@H]3O[C@@H]2S1. The van der Waals surface area contributed by atoms with Gasteiger partial charge in [0.15, 0.2) is 11.5 Å². The highest BCUT2D eigenvalue weighted by atomic mass is 32.2. The van der Waals surface area contributed by atoms with Crippen LogP contribution in [0.3, 0.4) is 0 Å². The monoisotopic (exact) mass is 336 g/mol. The quantitative estimate of drug-likeness (QED) is 0.832. The van der Waals surface area contributed by atoms with E-state index in [1.807, 2.05) is 49.3 Å². The predicted molar refractivity (Wildman–Crippen MR) is 87.2 cm³/mol. The molecule has 0 bridgehead atoms. The van der Waals surface area contributed by atoms with Crippen molar-refractivity contribution in [2.75, 3.05) is 20.7 Å². The number of hydrogen-bond acceptors (Lipinski definition) is 7. The Hall–Kier alpha value is -1.12. The molecule has 3 aliphatic rings. The van der Waals surface area contributed by atoms with Gasteiger partial charge in [-0.15, -0.1) is 0 Å². The van der Waals surface area contributed by atoms with Gasteiger partial charge in [-0.2, -0.15) is 0 Å². The van der Waals surface area contributed by atoms with Gasteiger partial charge < -0.3 is 24.2 Å². The number of nitrogens with zero attached hydrogens (tertiary/aromatic N) is 2. The highest BCUT2D eigenvalue weighted by Gasteiger charge is 2.52. The van der Waals surface area contributed by atoms with E-state index < -0.39 is 18.5 Å². The number of hydrogen-bond donors (Lipinski definition) is 1. The third kappa shape index (κ3) is 2.77. The fraction of sp³-hybridized carbons (Fsp3) is 0.562. The summed E-state index contributed by atoms with van der Waals surface area (Å²) in [4.78, 5) is 6.53. The molecule has 2 saturated heterocycles. The lowest BCUT2D eigenvalue weighted by molar-refractivity contribution is -0.304. The topological polar surface area (TPSA) is 63.5 Å². The van der Waals surface area contributed by atoms with Crippen LogP contribution in [-0.4, -0.2) is 65.7 Å². The Morgan fingerprint density at radius 3 is 2.74 bits per heavy atom. The molecule has 3 aliphatic heterocycles. The summed E-state index contributed by atoms with van der Waals surface area (Å²) in [6.07, 6.45) is -1.87. The second-order valence-corrected chi connectivity index (χ2v) is 7.19. The van der Waals surface area contributed by atoms with Crippen LogP contribution in [0.5, 0.6) is 0 Å². The molecule has 0 saturated carbocycles. The number of rotatable bonds is 1. The van der Waals surface area contributed by atoms with Gasteiger partial charge in [0.25, 0.3) is 0 Å². The van der Waals surface area contributed by atoms with Crippen LogP contribution in [0.25, 0.3) is 0 Å². The Balaban J connectivity index is 1.52. The molecule has 0 aliphatic carbocycles. The summed E-state index contributed by atoms with van der Waals surface area (Å²) in [7, 11) is 3.88. The van der Waals surface area contributed by atoms with Crippen molar-refractivity contribution in [1.29, 1.82) is 0 Å². The predicted octanol–water partition coefficient (Wildman–Crippen LogP) is 1.22. The highest BCUT2D eigenvalue weighted by Crippen LogP contribution is 2.41. The van der Waals surface area contributed by atoms with Crippen LogP contribution in [0, 0.1) is 0 Å². The molecule has 1 aromatic carbocycles. The second kappa shape index (κ2) is 6.07. The third-order valence-electron chi connectivity index (χ3n) is 4.27. The minimum Gasteiger partial charge on any atom is -0.388 e. The average molecular weight is 336 g/mol. The van der Waals surface area contributed by atoms with Crippen molar-refractivity contribution in [2.45, 2.75) is 36.1 Å². The van der Waals surface area contributed by atoms with E-state index in [9.17, 15) is 5.11 Å². The van der Waals surface area contributed by atoms with Gasteiger partial charge in [-0.25, -0.2) is 0 Å². The molecule has 124 valence electrons. The number of fused-ring (bicyclic) bond motifs is 2. The van der Waals surface area contributed by atoms with Gasteiger partial charge >= 0.3 is 0 Å². The normalized spacial score (nSPS) is 39.3. The zero-order valence-electron chi connectivity index (χ0n) is 13.0. The molecule has 4 rings (SSSR count). The summed E-state index contributed by atoms with van der Waals surface area (Å²) in [6, 6.07) is 9.45. The van der Waals surface area contributed by atoms with Gasteiger partial charge in [0.1, 0.15) is 29.8 Å². The standard InChI is InChI=1S/C16H20N2O4S/c1-18(2)16-17-11-12(19)13-10(21-15(11)23-16)8-20-14(22-13)9-6-4-3-5-7-9/h3-7,10-15,19H,8H2,1-2H3/t10-,11-,12-,13-,14?,15-/m1/s1. The van der Waals surface area contributed by atoms with E-state index in [1.54, 1.807) is 11.8 Å². The Labute approximate surface area is 139 Å². The molecule has 6 nitrogen and oxygen atoms in total. The molecule has 2 fully saturated rings.